The van der Waals surface area contributed by atoms with Gasteiger partial charge in [0.05, 0.1) is 40.2 Å². The average molecular weight is 475 g/mol. The molecule has 8 heteroatoms. The lowest BCUT2D eigenvalue weighted by molar-refractivity contribution is 0.122. The number of aromatic nitrogens is 1. The first-order valence-corrected chi connectivity index (χ1v) is 11.4. The Morgan fingerprint density at radius 2 is 1.54 bits per heavy atom. The second-order valence-electron chi connectivity index (χ2n) is 8.32. The van der Waals surface area contributed by atoms with Crippen LogP contribution in [0.1, 0.15) is 5.56 Å². The molecule has 2 heterocycles. The first kappa shape index (κ1) is 24.2. The van der Waals surface area contributed by atoms with Gasteiger partial charge in [0.25, 0.3) is 0 Å². The molecule has 3 aromatic rings. The summed E-state index contributed by atoms with van der Waals surface area (Å²) in [7, 11) is 8.75. The van der Waals surface area contributed by atoms with E-state index < -0.39 is 0 Å². The van der Waals surface area contributed by atoms with Crippen molar-refractivity contribution in [3.05, 3.63) is 48.0 Å². The van der Waals surface area contributed by atoms with Gasteiger partial charge in [0.1, 0.15) is 17.5 Å². The standard InChI is InChI=1S/C27H30N4O4/c1-30(2)20-8-6-18(7-9-20)21-16-23(19-14-24(32-3)26(34-5)25(15-19)33-4)29-27(22(21)17-28)31-10-12-35-13-11-31/h6-9,14-16H,10-13H2,1-5H3. The van der Waals surface area contributed by atoms with E-state index >= 15 is 0 Å². The van der Waals surface area contributed by atoms with Crippen molar-refractivity contribution in [2.75, 3.05) is 71.5 Å². The van der Waals surface area contributed by atoms with Crippen molar-refractivity contribution in [1.29, 1.82) is 5.26 Å². The van der Waals surface area contributed by atoms with E-state index in [1.54, 1.807) is 21.3 Å². The molecule has 1 aliphatic rings. The van der Waals surface area contributed by atoms with Crippen LogP contribution in [-0.4, -0.2) is 66.7 Å². The first-order chi connectivity index (χ1) is 17.0. The molecule has 35 heavy (non-hydrogen) atoms. The number of nitrogens with zero attached hydrogens (tertiary/aromatic N) is 4. The highest BCUT2D eigenvalue weighted by molar-refractivity contribution is 5.82. The molecule has 2 aromatic carbocycles. The van der Waals surface area contributed by atoms with Crippen LogP contribution in [0.2, 0.25) is 0 Å². The molecule has 1 saturated heterocycles. The van der Waals surface area contributed by atoms with Gasteiger partial charge in [0, 0.05) is 44.0 Å². The second-order valence-corrected chi connectivity index (χ2v) is 8.32. The van der Waals surface area contributed by atoms with Crippen LogP contribution >= 0.6 is 0 Å². The van der Waals surface area contributed by atoms with Gasteiger partial charge in [0.15, 0.2) is 11.5 Å². The molecule has 0 N–H and O–H groups in total. The number of pyridine rings is 1. The summed E-state index contributed by atoms with van der Waals surface area (Å²) in [5.41, 5.74) is 4.89. The van der Waals surface area contributed by atoms with Crippen molar-refractivity contribution in [3.63, 3.8) is 0 Å². The van der Waals surface area contributed by atoms with Gasteiger partial charge in [0.2, 0.25) is 5.75 Å². The number of rotatable bonds is 7. The number of morpholine rings is 1. The molecule has 1 aliphatic heterocycles. The normalized spacial score (nSPS) is 13.2. The minimum Gasteiger partial charge on any atom is -0.493 e. The molecule has 182 valence electrons. The Hall–Kier alpha value is -3.96. The third-order valence-corrected chi connectivity index (χ3v) is 6.08. The van der Waals surface area contributed by atoms with Crippen LogP contribution in [0.15, 0.2) is 42.5 Å². The van der Waals surface area contributed by atoms with Gasteiger partial charge in [-0.15, -0.1) is 0 Å². The number of hydrogen-bond donors (Lipinski definition) is 0. The molecule has 1 aromatic heterocycles. The van der Waals surface area contributed by atoms with E-state index in [0.717, 1.165) is 22.4 Å². The fraction of sp³-hybridized carbons (Fsp3) is 0.333. The lowest BCUT2D eigenvalue weighted by Gasteiger charge is -2.29. The molecule has 0 atom stereocenters. The average Bonchev–Trinajstić information content (AvgIpc) is 2.91. The predicted octanol–water partition coefficient (Wildman–Crippen LogP) is 4.22. The Balaban J connectivity index is 1.94. The summed E-state index contributed by atoms with van der Waals surface area (Å²) in [5.74, 6) is 2.24. The molecule has 0 unspecified atom stereocenters. The molecular formula is C27H30N4O4. The molecule has 0 amide bonds. The predicted molar refractivity (Wildman–Crippen MR) is 137 cm³/mol. The number of ether oxygens (including phenoxy) is 4. The zero-order chi connectivity index (χ0) is 24.9. The zero-order valence-electron chi connectivity index (χ0n) is 20.8. The monoisotopic (exact) mass is 474 g/mol. The first-order valence-electron chi connectivity index (χ1n) is 11.4. The molecule has 0 saturated carbocycles. The van der Waals surface area contributed by atoms with Crippen LogP contribution in [0.25, 0.3) is 22.4 Å². The molecular weight excluding hydrogens is 444 g/mol. The van der Waals surface area contributed by atoms with Crippen LogP contribution in [0.5, 0.6) is 17.2 Å². The maximum Gasteiger partial charge on any atom is 0.203 e. The molecule has 0 aliphatic carbocycles. The summed E-state index contributed by atoms with van der Waals surface area (Å²) in [6.45, 7) is 2.51. The van der Waals surface area contributed by atoms with E-state index in [9.17, 15) is 5.26 Å². The summed E-state index contributed by atoms with van der Waals surface area (Å²) in [6, 6.07) is 16.3. The van der Waals surface area contributed by atoms with Crippen LogP contribution in [0, 0.1) is 11.3 Å². The maximum absolute atomic E-state index is 10.2. The quantitative estimate of drug-likeness (QED) is 0.504. The molecule has 1 fully saturated rings. The summed E-state index contributed by atoms with van der Waals surface area (Å²) >= 11 is 0. The van der Waals surface area contributed by atoms with Crippen molar-refractivity contribution >= 4 is 11.5 Å². The Morgan fingerprint density at radius 1 is 0.914 bits per heavy atom. The third kappa shape index (κ3) is 4.81. The Bertz CT molecular complexity index is 1200. The Morgan fingerprint density at radius 3 is 2.06 bits per heavy atom. The van der Waals surface area contributed by atoms with Gasteiger partial charge in [-0.3, -0.25) is 0 Å². The third-order valence-electron chi connectivity index (χ3n) is 6.08. The van der Waals surface area contributed by atoms with E-state index in [1.807, 2.05) is 61.5 Å². The number of nitriles is 1. The number of methoxy groups -OCH3 is 3. The molecule has 0 radical (unpaired) electrons. The lowest BCUT2D eigenvalue weighted by atomic mass is 9.97. The van der Waals surface area contributed by atoms with E-state index in [-0.39, 0.29) is 0 Å². The van der Waals surface area contributed by atoms with Crippen LogP contribution in [0.4, 0.5) is 11.5 Å². The van der Waals surface area contributed by atoms with Crippen molar-refractivity contribution in [2.45, 2.75) is 0 Å². The molecule has 8 nitrogen and oxygen atoms in total. The van der Waals surface area contributed by atoms with Crippen molar-refractivity contribution < 1.29 is 18.9 Å². The second kappa shape index (κ2) is 10.5. The van der Waals surface area contributed by atoms with Crippen LogP contribution < -0.4 is 24.0 Å². The highest BCUT2D eigenvalue weighted by atomic mass is 16.5. The summed E-state index contributed by atoms with van der Waals surface area (Å²) in [4.78, 5) is 9.12. The fourth-order valence-corrected chi connectivity index (χ4v) is 4.19. The fourth-order valence-electron chi connectivity index (χ4n) is 4.19. The van der Waals surface area contributed by atoms with Gasteiger partial charge >= 0.3 is 0 Å². The highest BCUT2D eigenvalue weighted by Gasteiger charge is 2.23. The molecule has 0 bridgehead atoms. The Kier molecular flexibility index (Phi) is 7.28. The highest BCUT2D eigenvalue weighted by Crippen LogP contribution is 2.42. The summed E-state index contributed by atoms with van der Waals surface area (Å²) in [6.07, 6.45) is 0. The van der Waals surface area contributed by atoms with E-state index in [1.165, 1.54) is 0 Å². The van der Waals surface area contributed by atoms with E-state index in [0.29, 0.717) is 60.6 Å². The minimum atomic E-state index is 0.514. The smallest absolute Gasteiger partial charge is 0.203 e. The molecule has 4 rings (SSSR count). The topological polar surface area (TPSA) is 80.1 Å². The number of benzene rings is 2. The van der Waals surface area contributed by atoms with Gasteiger partial charge in [-0.1, -0.05) is 12.1 Å². The lowest BCUT2D eigenvalue weighted by Crippen LogP contribution is -2.37. The summed E-state index contributed by atoms with van der Waals surface area (Å²) in [5, 5.41) is 10.2. The van der Waals surface area contributed by atoms with Crippen molar-refractivity contribution in [2.24, 2.45) is 0 Å². The van der Waals surface area contributed by atoms with Crippen LogP contribution in [-0.2, 0) is 4.74 Å². The summed E-state index contributed by atoms with van der Waals surface area (Å²) < 4.78 is 22.2. The van der Waals surface area contributed by atoms with Crippen molar-refractivity contribution in [3.8, 4) is 45.7 Å². The largest absolute Gasteiger partial charge is 0.493 e. The van der Waals surface area contributed by atoms with Gasteiger partial charge in [-0.05, 0) is 35.9 Å². The maximum atomic E-state index is 10.2. The Labute approximate surface area is 206 Å². The van der Waals surface area contributed by atoms with Gasteiger partial charge in [-0.2, -0.15) is 5.26 Å². The number of hydrogen-bond acceptors (Lipinski definition) is 8. The SMILES string of the molecule is COc1cc(-c2cc(-c3ccc(N(C)C)cc3)c(C#N)c(N3CCOCC3)n2)cc(OC)c1OC. The van der Waals surface area contributed by atoms with Crippen LogP contribution in [0.3, 0.4) is 0 Å². The van der Waals surface area contributed by atoms with E-state index in [2.05, 4.69) is 11.0 Å². The van der Waals surface area contributed by atoms with E-state index in [4.69, 9.17) is 23.9 Å². The number of anilines is 2. The molecule has 0 spiro atoms. The van der Waals surface area contributed by atoms with Gasteiger partial charge < -0.3 is 28.7 Å². The van der Waals surface area contributed by atoms with Crippen molar-refractivity contribution in [1.82, 2.24) is 4.98 Å². The minimum absolute atomic E-state index is 0.514. The van der Waals surface area contributed by atoms with Gasteiger partial charge in [-0.25, -0.2) is 4.98 Å². The zero-order valence-corrected chi connectivity index (χ0v) is 20.8.